The van der Waals surface area contributed by atoms with E-state index < -0.39 is 5.82 Å². The van der Waals surface area contributed by atoms with Crippen LogP contribution in [0.15, 0.2) is 18.2 Å². The Bertz CT molecular complexity index is 444. The van der Waals surface area contributed by atoms with E-state index in [1.54, 1.807) is 0 Å². The van der Waals surface area contributed by atoms with Gasteiger partial charge in [-0.2, -0.15) is 0 Å². The lowest BCUT2D eigenvalue weighted by Gasteiger charge is -2.23. The minimum Gasteiger partial charge on any atom is -0.496 e. The third-order valence-electron chi connectivity index (χ3n) is 3.31. The minimum absolute atomic E-state index is 0.0188. The van der Waals surface area contributed by atoms with E-state index in [1.807, 2.05) is 0 Å². The van der Waals surface area contributed by atoms with E-state index in [4.69, 9.17) is 10.5 Å². The summed E-state index contributed by atoms with van der Waals surface area (Å²) in [6.45, 7) is 4.76. The molecule has 0 fully saturated rings. The van der Waals surface area contributed by atoms with Crippen molar-refractivity contribution in [1.82, 2.24) is 0 Å². The third kappa shape index (κ3) is 4.63. The summed E-state index contributed by atoms with van der Waals surface area (Å²) in [6.07, 6.45) is 1.95. The summed E-state index contributed by atoms with van der Waals surface area (Å²) < 4.78 is 18.3. The van der Waals surface area contributed by atoms with Crippen LogP contribution in [-0.4, -0.2) is 19.4 Å². The van der Waals surface area contributed by atoms with Gasteiger partial charge in [0.25, 0.3) is 0 Å². The highest BCUT2D eigenvalue weighted by molar-refractivity contribution is 5.98. The van der Waals surface area contributed by atoms with Crippen molar-refractivity contribution in [3.05, 3.63) is 29.6 Å². The number of benzene rings is 1. The number of nitrogens with two attached hydrogens (primary N) is 1. The second-order valence-corrected chi connectivity index (χ2v) is 5.47. The molecule has 0 atom stereocenters. The number of hydrogen-bond acceptors (Lipinski definition) is 3. The van der Waals surface area contributed by atoms with Crippen LogP contribution in [0.25, 0.3) is 0 Å². The van der Waals surface area contributed by atoms with Crippen LogP contribution in [0.4, 0.5) is 4.39 Å². The van der Waals surface area contributed by atoms with Crippen molar-refractivity contribution in [2.75, 3.05) is 13.7 Å². The molecule has 1 aromatic rings. The lowest BCUT2D eigenvalue weighted by Crippen LogP contribution is -2.18. The lowest BCUT2D eigenvalue weighted by atomic mass is 9.83. The highest BCUT2D eigenvalue weighted by Crippen LogP contribution is 2.28. The number of carbonyl (C=O) groups is 1. The summed E-state index contributed by atoms with van der Waals surface area (Å²) in [4.78, 5) is 12.1. The molecule has 0 aliphatic heterocycles. The molecule has 0 aromatic heterocycles. The van der Waals surface area contributed by atoms with Crippen LogP contribution in [0.2, 0.25) is 0 Å². The van der Waals surface area contributed by atoms with Gasteiger partial charge in [-0.15, -0.1) is 0 Å². The summed E-state index contributed by atoms with van der Waals surface area (Å²) >= 11 is 0. The molecule has 0 radical (unpaired) electrons. The average molecular weight is 267 g/mol. The van der Waals surface area contributed by atoms with Gasteiger partial charge in [-0.25, -0.2) is 4.39 Å². The molecule has 3 nitrogen and oxygen atoms in total. The normalized spacial score (nSPS) is 11.4. The van der Waals surface area contributed by atoms with Crippen LogP contribution >= 0.6 is 0 Å². The van der Waals surface area contributed by atoms with E-state index in [9.17, 15) is 9.18 Å². The van der Waals surface area contributed by atoms with E-state index >= 15 is 0 Å². The van der Waals surface area contributed by atoms with Crippen molar-refractivity contribution >= 4 is 5.78 Å². The van der Waals surface area contributed by atoms with E-state index in [0.29, 0.717) is 24.3 Å². The summed E-state index contributed by atoms with van der Waals surface area (Å²) in [7, 11) is 1.47. The van der Waals surface area contributed by atoms with Crippen molar-refractivity contribution in [2.45, 2.75) is 33.1 Å². The van der Waals surface area contributed by atoms with Gasteiger partial charge in [0.1, 0.15) is 11.6 Å². The topological polar surface area (TPSA) is 52.3 Å². The molecule has 2 N–H and O–H groups in total. The Labute approximate surface area is 113 Å². The Morgan fingerprint density at radius 3 is 2.63 bits per heavy atom. The molecule has 0 saturated carbocycles. The number of methoxy groups -OCH3 is 1. The van der Waals surface area contributed by atoms with Gasteiger partial charge in [-0.1, -0.05) is 13.8 Å². The van der Waals surface area contributed by atoms with Crippen LogP contribution in [0.3, 0.4) is 0 Å². The highest BCUT2D eigenvalue weighted by Gasteiger charge is 2.20. The molecular weight excluding hydrogens is 245 g/mol. The van der Waals surface area contributed by atoms with Crippen LogP contribution in [0.5, 0.6) is 5.75 Å². The number of carbonyl (C=O) groups excluding carboxylic acids is 1. The fourth-order valence-corrected chi connectivity index (χ4v) is 2.00. The molecule has 19 heavy (non-hydrogen) atoms. The van der Waals surface area contributed by atoms with E-state index in [-0.39, 0.29) is 11.2 Å². The largest absolute Gasteiger partial charge is 0.496 e. The number of rotatable bonds is 7. The second-order valence-electron chi connectivity index (χ2n) is 5.47. The molecular formula is C15H22FNO2. The molecule has 1 aromatic carbocycles. The van der Waals surface area contributed by atoms with Crippen LogP contribution < -0.4 is 10.5 Å². The number of ketones is 1. The first-order valence-corrected chi connectivity index (χ1v) is 6.46. The van der Waals surface area contributed by atoms with Crippen LogP contribution in [0.1, 0.15) is 43.5 Å². The second kappa shape index (κ2) is 6.66. The lowest BCUT2D eigenvalue weighted by molar-refractivity contribution is 0.0958. The minimum atomic E-state index is -0.426. The predicted octanol–water partition coefficient (Wildman–Crippen LogP) is 3.17. The summed E-state index contributed by atoms with van der Waals surface area (Å²) in [5, 5.41) is 0. The third-order valence-corrected chi connectivity index (χ3v) is 3.31. The molecule has 0 aliphatic carbocycles. The Morgan fingerprint density at radius 2 is 2.05 bits per heavy atom. The molecule has 0 spiro atoms. The van der Waals surface area contributed by atoms with E-state index in [2.05, 4.69) is 13.8 Å². The number of ether oxygens (including phenoxy) is 1. The number of Topliss-reactive ketones (excluding diaryl/α,β-unsaturated/α-hetero) is 1. The van der Waals surface area contributed by atoms with Gasteiger partial charge in [-0.05, 0) is 43.0 Å². The van der Waals surface area contributed by atoms with Gasteiger partial charge >= 0.3 is 0 Å². The summed E-state index contributed by atoms with van der Waals surface area (Å²) in [5.41, 5.74) is 5.87. The van der Waals surface area contributed by atoms with Crippen LogP contribution in [0, 0.1) is 11.2 Å². The number of hydrogen-bond donors (Lipinski definition) is 1. The van der Waals surface area contributed by atoms with Gasteiger partial charge in [0.05, 0.1) is 12.7 Å². The zero-order valence-corrected chi connectivity index (χ0v) is 11.8. The van der Waals surface area contributed by atoms with E-state index in [1.165, 1.54) is 25.3 Å². The molecule has 0 unspecified atom stereocenters. The van der Waals surface area contributed by atoms with Gasteiger partial charge < -0.3 is 10.5 Å². The molecule has 106 valence electrons. The Kier molecular flexibility index (Phi) is 5.48. The van der Waals surface area contributed by atoms with Crippen molar-refractivity contribution in [3.63, 3.8) is 0 Å². The molecule has 0 heterocycles. The first kappa shape index (κ1) is 15.6. The maximum Gasteiger partial charge on any atom is 0.166 e. The molecule has 0 saturated heterocycles. The van der Waals surface area contributed by atoms with Gasteiger partial charge in [0, 0.05) is 6.42 Å². The fourth-order valence-electron chi connectivity index (χ4n) is 2.00. The molecule has 1 rings (SSSR count). The summed E-state index contributed by atoms with van der Waals surface area (Å²) in [5.74, 6) is -0.102. The van der Waals surface area contributed by atoms with Crippen molar-refractivity contribution in [3.8, 4) is 5.75 Å². The first-order valence-electron chi connectivity index (χ1n) is 6.46. The zero-order chi connectivity index (χ0) is 14.5. The van der Waals surface area contributed by atoms with Crippen LogP contribution in [-0.2, 0) is 0 Å². The first-order chi connectivity index (χ1) is 8.89. The predicted molar refractivity (Wildman–Crippen MR) is 74.0 cm³/mol. The fraction of sp³-hybridized carbons (Fsp3) is 0.533. The van der Waals surface area contributed by atoms with Gasteiger partial charge in [-0.3, -0.25) is 4.79 Å². The highest BCUT2D eigenvalue weighted by atomic mass is 19.1. The maximum absolute atomic E-state index is 13.2. The smallest absolute Gasteiger partial charge is 0.166 e. The Hall–Kier alpha value is -1.42. The molecule has 0 aliphatic rings. The molecule has 4 heteroatoms. The number of halogens is 1. The quantitative estimate of drug-likeness (QED) is 0.772. The Morgan fingerprint density at radius 1 is 1.37 bits per heavy atom. The average Bonchev–Trinajstić information content (AvgIpc) is 2.36. The zero-order valence-electron chi connectivity index (χ0n) is 11.8. The monoisotopic (exact) mass is 267 g/mol. The van der Waals surface area contributed by atoms with Gasteiger partial charge in [0.15, 0.2) is 5.78 Å². The molecule has 0 bridgehead atoms. The van der Waals surface area contributed by atoms with Crippen molar-refractivity contribution in [1.29, 1.82) is 0 Å². The van der Waals surface area contributed by atoms with E-state index in [0.717, 1.165) is 12.8 Å². The molecule has 0 amide bonds. The van der Waals surface area contributed by atoms with Crippen molar-refractivity contribution in [2.24, 2.45) is 11.1 Å². The van der Waals surface area contributed by atoms with Gasteiger partial charge in [0.2, 0.25) is 0 Å². The standard InChI is InChI=1S/C15H22FNO2/c1-15(2,8-9-17)7-6-13(18)12-10-11(16)4-5-14(12)19-3/h4-5,10H,6-9,17H2,1-3H3. The Balaban J connectivity index is 2.76. The maximum atomic E-state index is 13.2. The van der Waals surface area contributed by atoms with Crippen molar-refractivity contribution < 1.29 is 13.9 Å². The summed E-state index contributed by atoms with van der Waals surface area (Å²) in [6, 6.07) is 4.00. The SMILES string of the molecule is COc1ccc(F)cc1C(=O)CCC(C)(C)CCN.